The summed E-state index contributed by atoms with van der Waals surface area (Å²) >= 11 is 6.14. The second-order valence-electron chi connectivity index (χ2n) is 9.39. The van der Waals surface area contributed by atoms with Gasteiger partial charge in [-0.15, -0.1) is 0 Å². The van der Waals surface area contributed by atoms with Gasteiger partial charge in [0.05, 0.1) is 23.4 Å². The molecule has 4 rings (SSSR count). The van der Waals surface area contributed by atoms with Gasteiger partial charge in [0.15, 0.2) is 0 Å². The van der Waals surface area contributed by atoms with Crippen molar-refractivity contribution in [1.29, 1.82) is 0 Å². The summed E-state index contributed by atoms with van der Waals surface area (Å²) in [4.78, 5) is 15.3. The lowest BCUT2D eigenvalue weighted by Crippen LogP contribution is -2.44. The predicted molar refractivity (Wildman–Crippen MR) is 147 cm³/mol. The van der Waals surface area contributed by atoms with E-state index >= 15 is 0 Å². The van der Waals surface area contributed by atoms with Gasteiger partial charge in [-0.3, -0.25) is 9.10 Å². The normalized spacial score (nSPS) is 15.3. The molecule has 1 aliphatic rings. The molecule has 11 heteroatoms. The van der Waals surface area contributed by atoms with Crippen molar-refractivity contribution in [2.75, 3.05) is 10.8 Å². The molecule has 3 aromatic rings. The summed E-state index contributed by atoms with van der Waals surface area (Å²) in [6.07, 6.45) is 3.55. The molecule has 0 saturated carbocycles. The average Bonchev–Trinajstić information content (AvgIpc) is 2.87. The van der Waals surface area contributed by atoms with Crippen LogP contribution in [0.3, 0.4) is 0 Å². The summed E-state index contributed by atoms with van der Waals surface area (Å²) < 4.78 is 55.4. The van der Waals surface area contributed by atoms with Gasteiger partial charge >= 0.3 is 5.97 Å². The number of carboxylic acids is 1. The van der Waals surface area contributed by atoms with Crippen LogP contribution in [0, 0.1) is 12.7 Å². The summed E-state index contributed by atoms with van der Waals surface area (Å²) in [5.74, 6) is -1.26. The van der Waals surface area contributed by atoms with E-state index < -0.39 is 27.9 Å². The lowest BCUT2D eigenvalue weighted by molar-refractivity contribution is -0.137. The number of anilines is 1. The molecule has 0 radical (unpaired) electrons. The minimum atomic E-state index is -4.23. The van der Waals surface area contributed by atoms with Crippen molar-refractivity contribution in [3.05, 3.63) is 76.2 Å². The zero-order valence-electron chi connectivity index (χ0n) is 21.6. The van der Waals surface area contributed by atoms with Gasteiger partial charge in [0.1, 0.15) is 22.6 Å². The highest BCUT2D eigenvalue weighted by Gasteiger charge is 2.37. The van der Waals surface area contributed by atoms with Crippen molar-refractivity contribution in [3.8, 4) is 11.6 Å². The molecule has 1 atom stereocenters. The molecular weight excluding hydrogens is 547 g/mol. The molecule has 0 spiro atoms. The lowest BCUT2D eigenvalue weighted by Gasteiger charge is -2.36. The molecule has 0 bridgehead atoms. The maximum Gasteiger partial charge on any atom is 0.303 e. The standard InChI is InChI=1S/C28H28ClFN2O6S/c1-17(2)37-28-26(13-18(3)15-31-28)39(35,36)32-16-20(9-12-27(33)34)38-25-11-8-19(14-24(25)32)7-10-21-22(29)5-4-6-23(21)30/h4-8,10-11,13-15,17,20H,9,12,16H2,1-3H3,(H,33,34)/b10-7+/t20-/m0/s1. The fraction of sp³-hybridized carbons (Fsp3) is 0.286. The van der Waals surface area contributed by atoms with Crippen molar-refractivity contribution >= 4 is 45.4 Å². The van der Waals surface area contributed by atoms with Crippen LogP contribution in [0.15, 0.2) is 53.6 Å². The van der Waals surface area contributed by atoms with E-state index in [1.54, 1.807) is 51.1 Å². The van der Waals surface area contributed by atoms with E-state index in [0.29, 0.717) is 11.1 Å². The molecule has 2 aromatic carbocycles. The van der Waals surface area contributed by atoms with E-state index in [1.165, 1.54) is 34.8 Å². The van der Waals surface area contributed by atoms with Gasteiger partial charge in [-0.05, 0) is 74.7 Å². The van der Waals surface area contributed by atoms with Crippen LogP contribution in [-0.2, 0) is 14.8 Å². The van der Waals surface area contributed by atoms with Gasteiger partial charge < -0.3 is 14.6 Å². The number of hydrogen-bond donors (Lipinski definition) is 1. The number of carbonyl (C=O) groups is 1. The number of hydrogen-bond acceptors (Lipinski definition) is 6. The Morgan fingerprint density at radius 2 is 2.05 bits per heavy atom. The van der Waals surface area contributed by atoms with Gasteiger partial charge in [-0.25, -0.2) is 17.8 Å². The van der Waals surface area contributed by atoms with Crippen molar-refractivity contribution < 1.29 is 32.2 Å². The highest BCUT2D eigenvalue weighted by atomic mass is 35.5. The maximum absolute atomic E-state index is 14.3. The van der Waals surface area contributed by atoms with Crippen LogP contribution in [0.1, 0.15) is 43.4 Å². The van der Waals surface area contributed by atoms with Crippen molar-refractivity contribution in [3.63, 3.8) is 0 Å². The lowest BCUT2D eigenvalue weighted by atomic mass is 10.1. The third-order valence-electron chi connectivity index (χ3n) is 5.91. The largest absolute Gasteiger partial charge is 0.486 e. The molecule has 0 amide bonds. The van der Waals surface area contributed by atoms with Gasteiger partial charge in [0, 0.05) is 18.2 Å². The van der Waals surface area contributed by atoms with Crippen LogP contribution >= 0.6 is 11.6 Å². The number of aliphatic carboxylic acids is 1. The highest BCUT2D eigenvalue weighted by molar-refractivity contribution is 7.93. The molecule has 1 aromatic heterocycles. The monoisotopic (exact) mass is 574 g/mol. The van der Waals surface area contributed by atoms with Gasteiger partial charge in [-0.2, -0.15) is 0 Å². The van der Waals surface area contributed by atoms with E-state index in [2.05, 4.69) is 4.98 Å². The second-order valence-corrected chi connectivity index (χ2v) is 11.6. The highest BCUT2D eigenvalue weighted by Crippen LogP contribution is 2.40. The molecule has 0 fully saturated rings. The second kappa shape index (κ2) is 11.6. The fourth-order valence-corrected chi connectivity index (χ4v) is 5.97. The number of benzene rings is 2. The fourth-order valence-electron chi connectivity index (χ4n) is 4.09. The number of fused-ring (bicyclic) bond motifs is 1. The van der Waals surface area contributed by atoms with Crippen LogP contribution in [0.2, 0.25) is 5.02 Å². The quantitative estimate of drug-likeness (QED) is 0.314. The Hall–Kier alpha value is -3.63. The SMILES string of the molecule is Cc1cnc(OC(C)C)c(S(=O)(=O)N2C[C@H](CCC(=O)O)Oc3ccc(/C=C/c4c(F)cccc4Cl)cc32)c1. The molecule has 206 valence electrons. The number of aryl methyl sites for hydroxylation is 1. The first-order chi connectivity index (χ1) is 18.5. The molecule has 39 heavy (non-hydrogen) atoms. The summed E-state index contributed by atoms with van der Waals surface area (Å²) in [5, 5.41) is 9.41. The number of rotatable bonds is 9. The van der Waals surface area contributed by atoms with Gasteiger partial charge in [0.2, 0.25) is 5.88 Å². The third-order valence-corrected chi connectivity index (χ3v) is 8.01. The Morgan fingerprint density at radius 1 is 1.28 bits per heavy atom. The Balaban J connectivity index is 1.79. The van der Waals surface area contributed by atoms with E-state index in [4.69, 9.17) is 26.2 Å². The molecule has 1 N–H and O–H groups in total. The molecule has 0 unspecified atom stereocenters. The molecule has 1 aliphatic heterocycles. The van der Waals surface area contributed by atoms with Gasteiger partial charge in [-0.1, -0.05) is 29.8 Å². The summed E-state index contributed by atoms with van der Waals surface area (Å²) in [6.45, 7) is 5.14. The number of pyridine rings is 1. The first kappa shape index (κ1) is 28.4. The van der Waals surface area contributed by atoms with E-state index in [9.17, 15) is 17.6 Å². The van der Waals surface area contributed by atoms with E-state index in [1.807, 2.05) is 0 Å². The van der Waals surface area contributed by atoms with Crippen molar-refractivity contribution in [2.45, 2.75) is 50.7 Å². The zero-order valence-corrected chi connectivity index (χ0v) is 23.2. The van der Waals surface area contributed by atoms with Gasteiger partial charge in [0.25, 0.3) is 10.0 Å². The Bertz CT molecular complexity index is 1510. The number of halogens is 2. The topological polar surface area (TPSA) is 106 Å². The zero-order chi connectivity index (χ0) is 28.3. The minimum Gasteiger partial charge on any atom is -0.486 e. The van der Waals surface area contributed by atoms with E-state index in [0.717, 1.165) is 0 Å². The molecule has 8 nitrogen and oxygen atoms in total. The predicted octanol–water partition coefficient (Wildman–Crippen LogP) is 5.96. The first-order valence-electron chi connectivity index (χ1n) is 12.3. The molecule has 0 saturated heterocycles. The number of nitrogens with zero attached hydrogens (tertiary/aromatic N) is 2. The van der Waals surface area contributed by atoms with Crippen LogP contribution in [0.5, 0.6) is 11.6 Å². The summed E-state index contributed by atoms with van der Waals surface area (Å²) in [6, 6.07) is 10.8. The smallest absolute Gasteiger partial charge is 0.303 e. The summed E-state index contributed by atoms with van der Waals surface area (Å²) in [5.41, 5.74) is 1.65. The van der Waals surface area contributed by atoms with Crippen LogP contribution in [0.4, 0.5) is 10.1 Å². The Morgan fingerprint density at radius 3 is 2.74 bits per heavy atom. The number of aromatic nitrogens is 1. The van der Waals surface area contributed by atoms with Crippen LogP contribution < -0.4 is 13.8 Å². The Labute approximate surface area is 231 Å². The maximum atomic E-state index is 14.3. The minimum absolute atomic E-state index is 0.0315. The number of ether oxygens (including phenoxy) is 2. The molecule has 0 aliphatic carbocycles. The van der Waals surface area contributed by atoms with Crippen molar-refractivity contribution in [1.82, 2.24) is 4.98 Å². The van der Waals surface area contributed by atoms with Crippen molar-refractivity contribution in [2.24, 2.45) is 0 Å². The first-order valence-corrected chi connectivity index (χ1v) is 14.1. The summed E-state index contributed by atoms with van der Waals surface area (Å²) in [7, 11) is -4.23. The Kier molecular flexibility index (Phi) is 8.46. The average molecular weight is 575 g/mol. The molecular formula is C28H28ClFN2O6S. The van der Waals surface area contributed by atoms with Crippen LogP contribution in [-0.4, -0.2) is 43.2 Å². The third kappa shape index (κ3) is 6.51. The van der Waals surface area contributed by atoms with E-state index in [-0.39, 0.29) is 58.3 Å². The molecule has 2 heterocycles. The number of sulfonamides is 1. The van der Waals surface area contributed by atoms with Crippen LogP contribution in [0.25, 0.3) is 12.2 Å². The number of carboxylic acid groups (broad SMARTS) is 1.